The fourth-order valence-corrected chi connectivity index (χ4v) is 4.61. The summed E-state index contributed by atoms with van der Waals surface area (Å²) in [6.45, 7) is 0. The maximum absolute atomic E-state index is 13.6. The second-order valence-electron chi connectivity index (χ2n) is 7.18. The maximum atomic E-state index is 13.6. The third-order valence-electron chi connectivity index (χ3n) is 5.05. The van der Waals surface area contributed by atoms with E-state index in [0.29, 0.717) is 21.4 Å². The number of hydrogen-bond donors (Lipinski definition) is 2. The molecule has 3 aromatic heterocycles. The third kappa shape index (κ3) is 3.55. The highest BCUT2D eigenvalue weighted by atomic mass is 32.1. The van der Waals surface area contributed by atoms with Crippen LogP contribution in [-0.2, 0) is 0 Å². The topological polar surface area (TPSA) is 102 Å². The van der Waals surface area contributed by atoms with Crippen LogP contribution >= 0.6 is 11.3 Å². The van der Waals surface area contributed by atoms with Crippen molar-refractivity contribution >= 4 is 28.1 Å². The molecule has 0 saturated heterocycles. The molecule has 5 rings (SSSR count). The molecule has 0 aliphatic heterocycles. The highest BCUT2D eigenvalue weighted by molar-refractivity contribution is 7.19. The molecule has 0 spiro atoms. The summed E-state index contributed by atoms with van der Waals surface area (Å²) in [5.74, 6) is -0.576. The molecule has 0 unspecified atom stereocenters. The highest BCUT2D eigenvalue weighted by Crippen LogP contribution is 2.43. The largest absolute Gasteiger partial charge is 0.494 e. The number of aromatic amines is 1. The van der Waals surface area contributed by atoms with E-state index in [1.54, 1.807) is 23.1 Å². The van der Waals surface area contributed by atoms with E-state index < -0.39 is 5.91 Å². The minimum absolute atomic E-state index is 0.237. The quantitative estimate of drug-likeness (QED) is 0.456. The maximum Gasteiger partial charge on any atom is 0.268 e. The standard InChI is InChI=1S/C21H19FN6O2S/c1-30-17-9-12(22)4-7-16(17)27-11-14(10-25-27)28(13-5-6-13)21-26-18(20(23)29)19(31-21)15-3-2-8-24-15/h2-4,7-11,13,24H,5-6H2,1H3,(H2,23,29). The van der Waals surface area contributed by atoms with Crippen LogP contribution in [0.25, 0.3) is 16.3 Å². The molecule has 0 radical (unpaired) electrons. The summed E-state index contributed by atoms with van der Waals surface area (Å²) in [5.41, 5.74) is 8.07. The van der Waals surface area contributed by atoms with E-state index in [0.717, 1.165) is 24.2 Å². The number of aromatic nitrogens is 4. The number of nitrogens with zero attached hydrogens (tertiary/aromatic N) is 4. The van der Waals surface area contributed by atoms with Crippen molar-refractivity contribution in [3.63, 3.8) is 0 Å². The lowest BCUT2D eigenvalue weighted by Crippen LogP contribution is -2.19. The average molecular weight is 438 g/mol. The van der Waals surface area contributed by atoms with Crippen molar-refractivity contribution in [2.24, 2.45) is 5.73 Å². The van der Waals surface area contributed by atoms with Gasteiger partial charge in [-0.1, -0.05) is 11.3 Å². The first-order valence-corrected chi connectivity index (χ1v) is 10.5. The number of primary amides is 1. The molecule has 1 amide bonds. The second kappa shape index (κ2) is 7.55. The Morgan fingerprint density at radius 1 is 1.39 bits per heavy atom. The Morgan fingerprint density at radius 2 is 2.23 bits per heavy atom. The van der Waals surface area contributed by atoms with Crippen LogP contribution in [0.1, 0.15) is 23.3 Å². The van der Waals surface area contributed by atoms with Gasteiger partial charge in [-0.05, 0) is 37.1 Å². The minimum Gasteiger partial charge on any atom is -0.494 e. The molecular weight excluding hydrogens is 419 g/mol. The summed E-state index contributed by atoms with van der Waals surface area (Å²) in [6, 6.07) is 8.29. The van der Waals surface area contributed by atoms with Crippen LogP contribution in [0.2, 0.25) is 0 Å². The molecule has 1 aliphatic carbocycles. The van der Waals surface area contributed by atoms with Gasteiger partial charge in [-0.3, -0.25) is 4.79 Å². The molecular formula is C21H19FN6O2S. The summed E-state index contributed by atoms with van der Waals surface area (Å²) < 4.78 is 20.5. The predicted octanol–water partition coefficient (Wildman–Crippen LogP) is 3.87. The predicted molar refractivity (Wildman–Crippen MR) is 116 cm³/mol. The number of ether oxygens (including phenoxy) is 1. The van der Waals surface area contributed by atoms with Crippen LogP contribution in [0, 0.1) is 5.82 Å². The summed E-state index contributed by atoms with van der Waals surface area (Å²) in [4.78, 5) is 22.5. The molecule has 3 N–H and O–H groups in total. The van der Waals surface area contributed by atoms with Crippen molar-refractivity contribution in [1.29, 1.82) is 0 Å². The van der Waals surface area contributed by atoms with Gasteiger partial charge in [0.1, 0.15) is 17.3 Å². The van der Waals surface area contributed by atoms with Gasteiger partial charge < -0.3 is 20.4 Å². The number of amides is 1. The van der Waals surface area contributed by atoms with Gasteiger partial charge in [-0.2, -0.15) is 5.10 Å². The Labute approximate surface area is 181 Å². The lowest BCUT2D eigenvalue weighted by Gasteiger charge is -2.19. The van der Waals surface area contributed by atoms with Gasteiger partial charge in [-0.25, -0.2) is 14.1 Å². The smallest absolute Gasteiger partial charge is 0.268 e. The number of benzene rings is 1. The first kappa shape index (κ1) is 19.3. The molecule has 1 fully saturated rings. The van der Waals surface area contributed by atoms with Crippen molar-refractivity contribution in [2.45, 2.75) is 18.9 Å². The van der Waals surface area contributed by atoms with E-state index in [2.05, 4.69) is 20.0 Å². The molecule has 1 aliphatic rings. The normalized spacial score (nSPS) is 13.4. The van der Waals surface area contributed by atoms with Crippen LogP contribution in [-0.4, -0.2) is 38.8 Å². The van der Waals surface area contributed by atoms with Crippen molar-refractivity contribution in [3.8, 4) is 22.0 Å². The zero-order valence-electron chi connectivity index (χ0n) is 16.6. The van der Waals surface area contributed by atoms with Gasteiger partial charge in [0.15, 0.2) is 10.8 Å². The summed E-state index contributed by atoms with van der Waals surface area (Å²) in [7, 11) is 1.49. The minimum atomic E-state index is -0.574. The molecule has 158 valence electrons. The van der Waals surface area contributed by atoms with Crippen molar-refractivity contribution in [3.05, 3.63) is 60.4 Å². The summed E-state index contributed by atoms with van der Waals surface area (Å²) >= 11 is 1.40. The van der Waals surface area contributed by atoms with Crippen LogP contribution < -0.4 is 15.4 Å². The van der Waals surface area contributed by atoms with Gasteiger partial charge in [0.05, 0.1) is 35.8 Å². The van der Waals surface area contributed by atoms with E-state index in [9.17, 15) is 9.18 Å². The van der Waals surface area contributed by atoms with Crippen molar-refractivity contribution in [2.75, 3.05) is 12.0 Å². The van der Waals surface area contributed by atoms with Gasteiger partial charge >= 0.3 is 0 Å². The molecule has 4 aromatic rings. The number of halogens is 1. The average Bonchev–Trinajstić information content (AvgIpc) is 3.16. The number of carbonyl (C=O) groups is 1. The molecule has 8 nitrogen and oxygen atoms in total. The fourth-order valence-electron chi connectivity index (χ4n) is 3.45. The number of rotatable bonds is 7. The van der Waals surface area contributed by atoms with Gasteiger partial charge in [0, 0.05) is 18.3 Å². The van der Waals surface area contributed by atoms with Gasteiger partial charge in [-0.15, -0.1) is 0 Å². The van der Waals surface area contributed by atoms with Crippen LogP contribution in [0.15, 0.2) is 48.9 Å². The number of thiazole rings is 1. The number of H-pyrrole nitrogens is 1. The summed E-state index contributed by atoms with van der Waals surface area (Å²) in [6.07, 6.45) is 7.37. The monoisotopic (exact) mass is 438 g/mol. The van der Waals surface area contributed by atoms with Crippen molar-refractivity contribution in [1.82, 2.24) is 19.7 Å². The Balaban J connectivity index is 1.55. The lowest BCUT2D eigenvalue weighted by molar-refractivity contribution is 0.0997. The fraction of sp³-hybridized carbons (Fsp3) is 0.190. The number of nitrogens with one attached hydrogen (secondary N) is 1. The van der Waals surface area contributed by atoms with Crippen LogP contribution in [0.3, 0.4) is 0 Å². The zero-order chi connectivity index (χ0) is 21.5. The van der Waals surface area contributed by atoms with Crippen LogP contribution in [0.5, 0.6) is 5.75 Å². The first-order chi connectivity index (χ1) is 15.0. The second-order valence-corrected chi connectivity index (χ2v) is 8.16. The molecule has 0 atom stereocenters. The third-order valence-corrected chi connectivity index (χ3v) is 6.13. The number of nitrogens with two attached hydrogens (primary N) is 1. The Kier molecular flexibility index (Phi) is 4.70. The Hall–Kier alpha value is -3.66. The number of carbonyl (C=O) groups excluding carboxylic acids is 1. The van der Waals surface area contributed by atoms with Gasteiger partial charge in [0.2, 0.25) is 0 Å². The number of hydrogen-bond acceptors (Lipinski definition) is 6. The van der Waals surface area contributed by atoms with Gasteiger partial charge in [0.25, 0.3) is 5.91 Å². The number of methoxy groups -OCH3 is 1. The molecule has 31 heavy (non-hydrogen) atoms. The highest BCUT2D eigenvalue weighted by Gasteiger charge is 2.34. The molecule has 3 heterocycles. The SMILES string of the molecule is COc1cc(F)ccc1-n1cc(N(c2nc(C(N)=O)c(-c3ccc[nH]3)s2)C2CC2)cn1. The molecule has 0 bridgehead atoms. The van der Waals surface area contributed by atoms with E-state index in [-0.39, 0.29) is 17.6 Å². The summed E-state index contributed by atoms with van der Waals surface area (Å²) in [5, 5.41) is 5.12. The van der Waals surface area contributed by atoms with E-state index in [1.807, 2.05) is 18.3 Å². The first-order valence-electron chi connectivity index (χ1n) is 9.67. The molecule has 1 saturated carbocycles. The van der Waals surface area contributed by atoms with E-state index >= 15 is 0 Å². The van der Waals surface area contributed by atoms with Crippen molar-refractivity contribution < 1.29 is 13.9 Å². The van der Waals surface area contributed by atoms with E-state index in [1.165, 1.54) is 30.6 Å². The lowest BCUT2D eigenvalue weighted by atomic mass is 10.3. The van der Waals surface area contributed by atoms with Crippen LogP contribution in [0.4, 0.5) is 15.2 Å². The number of anilines is 2. The molecule has 1 aromatic carbocycles. The molecule has 10 heteroatoms. The zero-order valence-corrected chi connectivity index (χ0v) is 17.4. The Morgan fingerprint density at radius 3 is 2.90 bits per heavy atom. The Bertz CT molecular complexity index is 1240. The van der Waals surface area contributed by atoms with E-state index in [4.69, 9.17) is 10.5 Å².